The van der Waals surface area contributed by atoms with Gasteiger partial charge in [0.15, 0.2) is 0 Å². The summed E-state index contributed by atoms with van der Waals surface area (Å²) in [5, 5.41) is 0.570. The standard InChI is InChI=1S/C14H12ClNO/c1-16(12-5-3-2-4-6-12)14-8-7-11(10-17)9-13(14)15/h2-10H,1H3. The predicted octanol–water partition coefficient (Wildman–Crippen LogP) is 3.92. The average Bonchev–Trinajstić information content (AvgIpc) is 2.39. The van der Waals surface area contributed by atoms with E-state index in [0.717, 1.165) is 17.7 Å². The molecule has 2 rings (SSSR count). The number of rotatable bonds is 3. The summed E-state index contributed by atoms with van der Waals surface area (Å²) in [6, 6.07) is 15.2. The highest BCUT2D eigenvalue weighted by Crippen LogP contribution is 2.30. The maximum Gasteiger partial charge on any atom is 0.150 e. The number of hydrogen-bond donors (Lipinski definition) is 0. The predicted molar refractivity (Wildman–Crippen MR) is 71.3 cm³/mol. The van der Waals surface area contributed by atoms with Crippen LogP contribution in [0.2, 0.25) is 5.02 Å². The van der Waals surface area contributed by atoms with Crippen LogP contribution >= 0.6 is 11.6 Å². The first-order chi connectivity index (χ1) is 8.22. The van der Waals surface area contributed by atoms with Crippen molar-refractivity contribution < 1.29 is 4.79 Å². The van der Waals surface area contributed by atoms with Gasteiger partial charge < -0.3 is 4.90 Å². The van der Waals surface area contributed by atoms with Crippen LogP contribution in [0.1, 0.15) is 10.4 Å². The molecule has 0 N–H and O–H groups in total. The van der Waals surface area contributed by atoms with Crippen molar-refractivity contribution in [3.63, 3.8) is 0 Å². The van der Waals surface area contributed by atoms with Crippen LogP contribution in [0.15, 0.2) is 48.5 Å². The lowest BCUT2D eigenvalue weighted by molar-refractivity contribution is 0.112. The first-order valence-corrected chi connectivity index (χ1v) is 5.63. The molecule has 2 nitrogen and oxygen atoms in total. The summed E-state index contributed by atoms with van der Waals surface area (Å²) >= 11 is 6.15. The molecule has 2 aromatic rings. The maximum atomic E-state index is 10.6. The Kier molecular flexibility index (Phi) is 3.45. The quantitative estimate of drug-likeness (QED) is 0.764. The van der Waals surface area contributed by atoms with Gasteiger partial charge in [0, 0.05) is 18.3 Å². The zero-order valence-electron chi connectivity index (χ0n) is 9.43. The average molecular weight is 246 g/mol. The van der Waals surface area contributed by atoms with Crippen LogP contribution in [-0.4, -0.2) is 13.3 Å². The summed E-state index contributed by atoms with van der Waals surface area (Å²) in [6.07, 6.45) is 0.790. The SMILES string of the molecule is CN(c1ccccc1)c1ccc(C=O)cc1Cl. The lowest BCUT2D eigenvalue weighted by Crippen LogP contribution is -2.09. The molecular formula is C14H12ClNO. The van der Waals surface area contributed by atoms with Gasteiger partial charge in [0.25, 0.3) is 0 Å². The molecule has 0 aliphatic carbocycles. The second kappa shape index (κ2) is 5.02. The fraction of sp³-hybridized carbons (Fsp3) is 0.0714. The summed E-state index contributed by atoms with van der Waals surface area (Å²) in [5.74, 6) is 0. The van der Waals surface area contributed by atoms with Crippen LogP contribution in [0.25, 0.3) is 0 Å². The summed E-state index contributed by atoms with van der Waals surface area (Å²) in [7, 11) is 1.94. The smallest absolute Gasteiger partial charge is 0.150 e. The summed E-state index contributed by atoms with van der Waals surface area (Å²) in [6.45, 7) is 0. The Morgan fingerprint density at radius 1 is 1.12 bits per heavy atom. The molecular weight excluding hydrogens is 234 g/mol. The van der Waals surface area contributed by atoms with E-state index < -0.39 is 0 Å². The molecule has 3 heteroatoms. The van der Waals surface area contributed by atoms with Crippen molar-refractivity contribution in [3.8, 4) is 0 Å². The van der Waals surface area contributed by atoms with Gasteiger partial charge in [-0.25, -0.2) is 0 Å². The number of hydrogen-bond acceptors (Lipinski definition) is 2. The molecule has 2 aromatic carbocycles. The third-order valence-electron chi connectivity index (χ3n) is 2.61. The molecule has 0 unspecified atom stereocenters. The Morgan fingerprint density at radius 3 is 2.41 bits per heavy atom. The molecule has 17 heavy (non-hydrogen) atoms. The molecule has 0 aliphatic rings. The Morgan fingerprint density at radius 2 is 1.82 bits per heavy atom. The Bertz CT molecular complexity index is 525. The lowest BCUT2D eigenvalue weighted by atomic mass is 10.2. The Labute approximate surface area is 105 Å². The van der Waals surface area contributed by atoms with Crippen molar-refractivity contribution >= 4 is 29.3 Å². The zero-order valence-corrected chi connectivity index (χ0v) is 10.2. The normalized spacial score (nSPS) is 10.0. The lowest BCUT2D eigenvalue weighted by Gasteiger charge is -2.20. The molecule has 0 bridgehead atoms. The van der Waals surface area contributed by atoms with Gasteiger partial charge in [-0.05, 0) is 30.3 Å². The van der Waals surface area contributed by atoms with Gasteiger partial charge in [0.1, 0.15) is 6.29 Å². The molecule has 0 radical (unpaired) electrons. The highest BCUT2D eigenvalue weighted by atomic mass is 35.5. The summed E-state index contributed by atoms with van der Waals surface area (Å²) in [4.78, 5) is 12.6. The van der Waals surface area contributed by atoms with Crippen LogP contribution < -0.4 is 4.90 Å². The van der Waals surface area contributed by atoms with Crippen LogP contribution in [0.4, 0.5) is 11.4 Å². The van der Waals surface area contributed by atoms with Crippen molar-refractivity contribution in [2.24, 2.45) is 0 Å². The van der Waals surface area contributed by atoms with E-state index in [1.54, 1.807) is 12.1 Å². The van der Waals surface area contributed by atoms with Crippen molar-refractivity contribution in [2.45, 2.75) is 0 Å². The van der Waals surface area contributed by atoms with E-state index in [9.17, 15) is 4.79 Å². The van der Waals surface area contributed by atoms with Crippen molar-refractivity contribution in [3.05, 3.63) is 59.1 Å². The van der Waals surface area contributed by atoms with Crippen LogP contribution in [-0.2, 0) is 0 Å². The Balaban J connectivity index is 2.38. The summed E-state index contributed by atoms with van der Waals surface area (Å²) < 4.78 is 0. The minimum atomic E-state index is 0.570. The van der Waals surface area contributed by atoms with Gasteiger partial charge in [-0.3, -0.25) is 4.79 Å². The number of nitrogens with zero attached hydrogens (tertiary/aromatic N) is 1. The summed E-state index contributed by atoms with van der Waals surface area (Å²) in [5.41, 5.74) is 2.51. The van der Waals surface area contributed by atoms with Gasteiger partial charge in [-0.1, -0.05) is 29.8 Å². The fourth-order valence-electron chi connectivity index (χ4n) is 1.66. The van der Waals surface area contributed by atoms with Crippen LogP contribution in [0.5, 0.6) is 0 Å². The number of para-hydroxylation sites is 1. The second-order valence-electron chi connectivity index (χ2n) is 3.72. The number of carbonyl (C=O) groups excluding carboxylic acids is 1. The molecule has 0 spiro atoms. The van der Waals surface area contributed by atoms with Gasteiger partial charge in [-0.15, -0.1) is 0 Å². The van der Waals surface area contributed by atoms with Gasteiger partial charge in [0.05, 0.1) is 10.7 Å². The number of carbonyl (C=O) groups is 1. The number of benzene rings is 2. The molecule has 0 saturated carbocycles. The largest absolute Gasteiger partial charge is 0.343 e. The molecule has 0 atom stereocenters. The molecule has 0 heterocycles. The topological polar surface area (TPSA) is 20.3 Å². The third kappa shape index (κ3) is 2.48. The zero-order chi connectivity index (χ0) is 12.3. The maximum absolute atomic E-state index is 10.6. The Hall–Kier alpha value is -1.80. The van der Waals surface area contributed by atoms with E-state index >= 15 is 0 Å². The van der Waals surface area contributed by atoms with E-state index in [4.69, 9.17) is 11.6 Å². The molecule has 0 aromatic heterocycles. The monoisotopic (exact) mass is 245 g/mol. The van der Waals surface area contributed by atoms with Crippen LogP contribution in [0, 0.1) is 0 Å². The van der Waals surface area contributed by atoms with Gasteiger partial charge in [-0.2, -0.15) is 0 Å². The van der Waals surface area contributed by atoms with Crippen molar-refractivity contribution in [1.29, 1.82) is 0 Å². The van der Waals surface area contributed by atoms with E-state index in [2.05, 4.69) is 0 Å². The number of anilines is 2. The highest BCUT2D eigenvalue weighted by Gasteiger charge is 2.08. The number of halogens is 1. The second-order valence-corrected chi connectivity index (χ2v) is 4.13. The minimum Gasteiger partial charge on any atom is -0.343 e. The minimum absolute atomic E-state index is 0.570. The number of aldehydes is 1. The van der Waals surface area contributed by atoms with E-state index in [-0.39, 0.29) is 0 Å². The van der Waals surface area contributed by atoms with E-state index in [1.807, 2.05) is 48.3 Å². The molecule has 86 valence electrons. The molecule has 0 saturated heterocycles. The van der Waals surface area contributed by atoms with Gasteiger partial charge in [0.2, 0.25) is 0 Å². The first kappa shape index (κ1) is 11.7. The molecule has 0 aliphatic heterocycles. The fourth-order valence-corrected chi connectivity index (χ4v) is 1.97. The van der Waals surface area contributed by atoms with Crippen molar-refractivity contribution in [1.82, 2.24) is 0 Å². The van der Waals surface area contributed by atoms with Gasteiger partial charge >= 0.3 is 0 Å². The van der Waals surface area contributed by atoms with Crippen molar-refractivity contribution in [2.75, 3.05) is 11.9 Å². The molecule has 0 amide bonds. The highest BCUT2D eigenvalue weighted by molar-refractivity contribution is 6.33. The van der Waals surface area contributed by atoms with Crippen LogP contribution in [0.3, 0.4) is 0 Å². The molecule has 0 fully saturated rings. The third-order valence-corrected chi connectivity index (χ3v) is 2.92. The van der Waals surface area contributed by atoms with E-state index in [1.165, 1.54) is 0 Å². The first-order valence-electron chi connectivity index (χ1n) is 5.26. The van der Waals surface area contributed by atoms with E-state index in [0.29, 0.717) is 10.6 Å².